The molecule has 0 bridgehead atoms. The zero-order valence-corrected chi connectivity index (χ0v) is 19.7. The fourth-order valence-electron chi connectivity index (χ4n) is 5.40. The highest BCUT2D eigenvalue weighted by atomic mass is 16.5. The molecule has 0 saturated carbocycles. The zero-order chi connectivity index (χ0) is 25.9. The Morgan fingerprint density at radius 3 is 2.42 bits per heavy atom. The summed E-state index contributed by atoms with van der Waals surface area (Å²) >= 11 is 0. The number of imide groups is 2. The molecule has 0 aromatic heterocycles. The lowest BCUT2D eigenvalue weighted by molar-refractivity contribution is -0.124. The summed E-state index contributed by atoms with van der Waals surface area (Å²) in [4.78, 5) is 63.7. The fraction of sp³-hybridized carbons (Fsp3) is 0.296. The smallest absolute Gasteiger partial charge is 0.323 e. The molecule has 196 valence electrons. The average Bonchev–Trinajstić information content (AvgIpc) is 3.56. The monoisotopic (exact) mass is 517 g/mol. The molecule has 11 heteroatoms. The Morgan fingerprint density at radius 2 is 1.74 bits per heavy atom. The van der Waals surface area contributed by atoms with Crippen LogP contribution < -0.4 is 26.0 Å². The number of hydrogen-bond acceptors (Lipinski definition) is 6. The van der Waals surface area contributed by atoms with Crippen molar-refractivity contribution < 1.29 is 30.1 Å². The maximum Gasteiger partial charge on any atom is 0.323 e. The molecule has 4 N–H and O–H groups in total. The van der Waals surface area contributed by atoms with Crippen LogP contribution in [0.4, 0.5) is 9.59 Å². The molecule has 6 rings (SSSR count). The lowest BCUT2D eigenvalue weighted by Gasteiger charge is -2.26. The predicted molar refractivity (Wildman–Crippen MR) is 136 cm³/mol. The quantitative estimate of drug-likeness (QED) is 0.355. The van der Waals surface area contributed by atoms with E-state index in [0.717, 1.165) is 11.1 Å². The van der Waals surface area contributed by atoms with Gasteiger partial charge in [0.1, 0.15) is 11.3 Å². The van der Waals surface area contributed by atoms with E-state index in [4.69, 9.17) is 4.74 Å². The third-order valence-corrected chi connectivity index (χ3v) is 7.26. The van der Waals surface area contributed by atoms with E-state index in [1.807, 2.05) is 0 Å². The lowest BCUT2D eigenvalue weighted by atomic mass is 9.91. The van der Waals surface area contributed by atoms with Crippen molar-refractivity contribution in [3.05, 3.63) is 64.2 Å². The molecule has 2 aromatic carbocycles. The van der Waals surface area contributed by atoms with Gasteiger partial charge < -0.3 is 20.3 Å². The summed E-state index contributed by atoms with van der Waals surface area (Å²) in [6.45, 7) is 0.118. The molecule has 2 saturated heterocycles. The van der Waals surface area contributed by atoms with Crippen molar-refractivity contribution in [2.75, 3.05) is 13.7 Å². The molecular formula is C27H27N5O6. The van der Waals surface area contributed by atoms with E-state index in [9.17, 15) is 24.0 Å². The number of nitrogens with one attached hydrogen (secondary N) is 4. The Morgan fingerprint density at radius 1 is 0.974 bits per heavy atom. The first kappa shape index (κ1) is 24.8. The van der Waals surface area contributed by atoms with Crippen LogP contribution in [-0.4, -0.2) is 53.9 Å². The Bertz CT molecular complexity index is 1510. The molecule has 2 atom stereocenters. The summed E-state index contributed by atoms with van der Waals surface area (Å²) < 4.78 is 5.21. The van der Waals surface area contributed by atoms with Crippen LogP contribution in [0.25, 0.3) is 0 Å². The van der Waals surface area contributed by atoms with Crippen LogP contribution in [0.1, 0.15) is 47.9 Å². The second-order valence-electron chi connectivity index (χ2n) is 9.43. The van der Waals surface area contributed by atoms with Crippen LogP contribution in [0.5, 0.6) is 5.75 Å². The zero-order valence-electron chi connectivity index (χ0n) is 19.7. The number of urea groups is 2. The van der Waals surface area contributed by atoms with Crippen molar-refractivity contribution in [2.45, 2.75) is 37.9 Å². The van der Waals surface area contributed by atoms with E-state index in [1.165, 1.54) is 12.0 Å². The van der Waals surface area contributed by atoms with E-state index in [2.05, 4.69) is 33.1 Å². The Labute approximate surface area is 219 Å². The van der Waals surface area contributed by atoms with Gasteiger partial charge in [0.05, 0.1) is 13.7 Å². The molecular weight excluding hydrogens is 490 g/mol. The molecule has 7 amide bonds. The topological polar surface area (TPSA) is 146 Å². The van der Waals surface area contributed by atoms with Crippen LogP contribution in [0.2, 0.25) is 0 Å². The number of rotatable bonds is 3. The largest absolute Gasteiger partial charge is 0.497 e. The second-order valence-corrected chi connectivity index (χ2v) is 9.43. The van der Waals surface area contributed by atoms with Crippen molar-refractivity contribution in [1.82, 2.24) is 26.2 Å². The van der Waals surface area contributed by atoms with E-state index in [1.54, 1.807) is 36.4 Å². The lowest BCUT2D eigenvalue weighted by Crippen LogP contribution is -2.54. The molecule has 2 fully saturated rings. The highest BCUT2D eigenvalue weighted by Gasteiger charge is 2.51. The number of amides is 7. The molecule has 11 nitrogen and oxygen atoms in total. The minimum Gasteiger partial charge on any atom is -0.497 e. The number of methoxy groups -OCH3 is 1. The number of carbonyl (C=O) groups is 5. The highest BCUT2D eigenvalue weighted by molar-refractivity contribution is 6.10. The summed E-state index contributed by atoms with van der Waals surface area (Å²) in [5.74, 6) is 5.09. The Hall–Kier alpha value is -4.85. The second kappa shape index (κ2) is 8.62. The SMILES string of the molecule is C.COc1ccc2c(c1)C(=O)N(C[C@@]1(C#Cc3ccc4c(c3)CCC43NC(=O)NC3=O)NC(=O)NC1=O)C2.[HH]. The Kier molecular flexibility index (Phi) is 5.63. The van der Waals surface area contributed by atoms with E-state index < -0.39 is 29.0 Å². The van der Waals surface area contributed by atoms with Gasteiger partial charge >= 0.3 is 12.1 Å². The molecule has 4 aliphatic rings. The van der Waals surface area contributed by atoms with Gasteiger partial charge in [-0.3, -0.25) is 25.0 Å². The molecule has 1 spiro atoms. The summed E-state index contributed by atoms with van der Waals surface area (Å²) in [5, 5.41) is 9.83. The standard InChI is InChI=1S/C26H21N5O6.CH4.H2/c1-37-17-4-3-16-12-31(20(32)18(16)11-17)13-25(21(33)27-23(35)29-25)8-6-14-2-5-19-15(10-14)7-9-26(19)22(34)28-24(36)30-26;;/h2-5,10-11H,7,9,12-13H2,1H3,(H2,27,29,33,35)(H2,28,30,34,36);1H4;1H/t25-,26?;;/m1../s1. The van der Waals surface area contributed by atoms with Crippen molar-refractivity contribution >= 4 is 29.8 Å². The number of benzene rings is 2. The van der Waals surface area contributed by atoms with Crippen molar-refractivity contribution in [3.63, 3.8) is 0 Å². The summed E-state index contributed by atoms with van der Waals surface area (Å²) in [5.41, 5.74) is 0.674. The van der Waals surface area contributed by atoms with Gasteiger partial charge in [-0.1, -0.05) is 31.4 Å². The highest BCUT2D eigenvalue weighted by Crippen LogP contribution is 2.39. The van der Waals surface area contributed by atoms with Gasteiger partial charge in [0.25, 0.3) is 17.7 Å². The van der Waals surface area contributed by atoms with Gasteiger partial charge in [0, 0.05) is 19.1 Å². The number of fused-ring (bicyclic) bond motifs is 3. The van der Waals surface area contributed by atoms with Crippen molar-refractivity contribution in [2.24, 2.45) is 0 Å². The molecule has 1 aliphatic carbocycles. The number of nitrogens with zero attached hydrogens (tertiary/aromatic N) is 1. The van der Waals surface area contributed by atoms with Gasteiger partial charge in [-0.15, -0.1) is 0 Å². The van der Waals surface area contributed by atoms with E-state index >= 15 is 0 Å². The number of hydrogen-bond donors (Lipinski definition) is 4. The first-order chi connectivity index (χ1) is 17.7. The van der Waals surface area contributed by atoms with Crippen LogP contribution in [0.3, 0.4) is 0 Å². The number of ether oxygens (including phenoxy) is 1. The van der Waals surface area contributed by atoms with Crippen LogP contribution >= 0.6 is 0 Å². The van der Waals surface area contributed by atoms with E-state index in [-0.39, 0.29) is 33.8 Å². The molecule has 2 aromatic rings. The van der Waals surface area contributed by atoms with Gasteiger partial charge in [0.15, 0.2) is 0 Å². The van der Waals surface area contributed by atoms with Gasteiger partial charge in [-0.25, -0.2) is 9.59 Å². The molecule has 3 aliphatic heterocycles. The first-order valence-electron chi connectivity index (χ1n) is 11.6. The third-order valence-electron chi connectivity index (χ3n) is 7.26. The molecule has 1 unspecified atom stereocenters. The number of carbonyl (C=O) groups excluding carboxylic acids is 5. The first-order valence-corrected chi connectivity index (χ1v) is 11.6. The molecule has 38 heavy (non-hydrogen) atoms. The fourth-order valence-corrected chi connectivity index (χ4v) is 5.40. The number of aryl methyl sites for hydroxylation is 1. The van der Waals surface area contributed by atoms with Gasteiger partial charge in [-0.2, -0.15) is 0 Å². The van der Waals surface area contributed by atoms with Crippen LogP contribution in [0.15, 0.2) is 36.4 Å². The van der Waals surface area contributed by atoms with Gasteiger partial charge in [-0.05, 0) is 53.8 Å². The average molecular weight is 518 g/mol. The maximum absolute atomic E-state index is 13.1. The maximum atomic E-state index is 13.1. The normalized spacial score (nSPS) is 24.6. The van der Waals surface area contributed by atoms with Crippen LogP contribution in [-0.2, 0) is 28.1 Å². The van der Waals surface area contributed by atoms with E-state index in [0.29, 0.717) is 35.3 Å². The van der Waals surface area contributed by atoms with Crippen molar-refractivity contribution in [1.29, 1.82) is 0 Å². The predicted octanol–water partition coefficient (Wildman–Crippen LogP) is 1.14. The molecule has 3 heterocycles. The Balaban J connectivity index is 0.00000176. The molecule has 0 radical (unpaired) electrons. The van der Waals surface area contributed by atoms with Crippen molar-refractivity contribution in [3.8, 4) is 17.6 Å². The minimum atomic E-state index is -1.64. The summed E-state index contributed by atoms with van der Waals surface area (Å²) in [7, 11) is 1.51. The summed E-state index contributed by atoms with van der Waals surface area (Å²) in [6.07, 6.45) is 0.993. The minimum absolute atomic E-state index is 0. The van der Waals surface area contributed by atoms with Crippen LogP contribution in [0, 0.1) is 11.8 Å². The third kappa shape index (κ3) is 3.64. The van der Waals surface area contributed by atoms with Gasteiger partial charge in [0.2, 0.25) is 5.54 Å². The summed E-state index contributed by atoms with van der Waals surface area (Å²) in [6, 6.07) is 9.23.